The molecule has 0 saturated carbocycles. The smallest absolute Gasteiger partial charge is 0.221 e. The number of rotatable bonds is 6. The number of hydrogen-bond donors (Lipinski definition) is 7. The number of aliphatic hydroxyl groups is 2. The van der Waals surface area contributed by atoms with Gasteiger partial charge in [0.15, 0.2) is 9.84 Å². The molecule has 1 heterocycles. The molecule has 1 aliphatic rings. The fraction of sp³-hybridized carbons (Fsp3) is 0.152. The van der Waals surface area contributed by atoms with Crippen molar-refractivity contribution in [3.05, 3.63) is 213 Å². The van der Waals surface area contributed by atoms with Crippen LogP contribution in [0.25, 0.3) is 22.3 Å². The molecule has 13 nitrogen and oxygen atoms in total. The number of amides is 4. The highest BCUT2D eigenvalue weighted by Crippen LogP contribution is 2.35. The Balaban J connectivity index is 0.000000374. The van der Waals surface area contributed by atoms with Gasteiger partial charge in [0, 0.05) is 54.7 Å². The summed E-state index contributed by atoms with van der Waals surface area (Å²) in [5.41, 5.74) is 9.40. The van der Waals surface area contributed by atoms with E-state index in [1.54, 1.807) is 50.2 Å². The Morgan fingerprint density at radius 2 is 0.837 bits per heavy atom. The topological polar surface area (TPSA) is 217 Å². The largest absolute Gasteiger partial charge is 0.398 e. The minimum atomic E-state index is -3.23. The Morgan fingerprint density at radius 3 is 1.22 bits per heavy atom. The zero-order valence-corrected chi connectivity index (χ0v) is 56.7. The maximum atomic E-state index is 13.4. The van der Waals surface area contributed by atoms with Gasteiger partial charge in [-0.25, -0.2) is 30.4 Å². The first-order valence-corrected chi connectivity index (χ1v) is 30.6. The van der Waals surface area contributed by atoms with Crippen LogP contribution in [0.4, 0.5) is 50.4 Å². The molecule has 0 unspecified atom stereocenters. The molecule has 0 saturated heterocycles. The summed E-state index contributed by atoms with van der Waals surface area (Å²) in [6, 6.07) is 30.2. The minimum Gasteiger partial charge on any atom is -0.398 e. The average molecular weight is 1470 g/mol. The van der Waals surface area contributed by atoms with Crippen molar-refractivity contribution in [2.45, 2.75) is 66.6 Å². The predicted octanol–water partition coefficient (Wildman–Crippen LogP) is 17.3. The molecule has 0 radical (unpaired) electrons. The van der Waals surface area contributed by atoms with Crippen molar-refractivity contribution in [1.29, 1.82) is 0 Å². The van der Waals surface area contributed by atoms with E-state index in [0.29, 0.717) is 80.8 Å². The molecule has 7 aromatic rings. The zero-order chi connectivity index (χ0) is 70.0. The summed E-state index contributed by atoms with van der Waals surface area (Å²) in [6.45, 7) is 11.7. The summed E-state index contributed by atoms with van der Waals surface area (Å²) in [6.07, 6.45) is 9.93. The van der Waals surface area contributed by atoms with E-state index in [0.717, 1.165) is 16.4 Å². The van der Waals surface area contributed by atoms with E-state index in [-0.39, 0.29) is 45.3 Å². The van der Waals surface area contributed by atoms with E-state index < -0.39 is 38.5 Å². The zero-order valence-electron chi connectivity index (χ0n) is 49.8. The minimum absolute atomic E-state index is 0.0802. The van der Waals surface area contributed by atoms with Gasteiger partial charge in [0.2, 0.25) is 23.6 Å². The summed E-state index contributed by atoms with van der Waals surface area (Å²) < 4.78 is 86.3. The van der Waals surface area contributed by atoms with E-state index in [4.69, 9.17) is 93.3 Å². The molecule has 0 fully saturated rings. The number of nitrogen functional groups attached to an aromatic ring is 1. The molecule has 0 atom stereocenters. The van der Waals surface area contributed by atoms with Crippen LogP contribution < -0.4 is 27.0 Å². The average Bonchev–Trinajstić information content (AvgIpc) is 1.23. The quantitative estimate of drug-likeness (QED) is 0.0478. The van der Waals surface area contributed by atoms with Gasteiger partial charge in [0.25, 0.3) is 0 Å². The highest BCUT2D eigenvalue weighted by Gasteiger charge is 2.17. The molecule has 8 rings (SSSR count). The summed E-state index contributed by atoms with van der Waals surface area (Å²) in [7, 11) is -3.23. The van der Waals surface area contributed by atoms with Crippen LogP contribution in [0.5, 0.6) is 0 Å². The molecule has 26 heteroatoms. The fourth-order valence-corrected chi connectivity index (χ4v) is 9.38. The van der Waals surface area contributed by atoms with Crippen molar-refractivity contribution >= 4 is 147 Å². The highest BCUT2D eigenvalue weighted by atomic mass is 79.9. The third-order valence-electron chi connectivity index (χ3n) is 10.4. The van der Waals surface area contributed by atoms with E-state index in [2.05, 4.69) is 60.9 Å². The van der Waals surface area contributed by atoms with Crippen molar-refractivity contribution in [2.75, 3.05) is 27.0 Å². The fourth-order valence-electron chi connectivity index (χ4n) is 6.45. The summed E-state index contributed by atoms with van der Waals surface area (Å²) in [4.78, 5) is 43.4. The van der Waals surface area contributed by atoms with E-state index in [1.165, 1.54) is 133 Å². The first-order valence-electron chi connectivity index (χ1n) is 25.9. The second kappa shape index (κ2) is 37.6. The number of carbonyl (C=O) groups is 4. The normalized spacial score (nSPS) is 11.3. The molecular formula is C66H57BrCl6F5N5O8S. The number of hydrogen-bond acceptors (Lipinski definition) is 9. The van der Waals surface area contributed by atoms with Crippen molar-refractivity contribution < 1.29 is 59.8 Å². The van der Waals surface area contributed by atoms with Gasteiger partial charge in [0.1, 0.15) is 40.3 Å². The van der Waals surface area contributed by atoms with Gasteiger partial charge < -0.3 is 37.2 Å². The SMILES string of the molecule is C#CC(C)(C)O.C#Cc1cc(F)ccc1NC(C)=O.CC(=O)Nc1ccc(F)cc1-c1ccc(Cl)c(Cl)c1.CC(=O)Nc1ccc(F)cc1Br.CC(=O)Nc1ccc(F)cc1C#CC(C)(C)O.Nc1ccc(F)cc1-c1ccc(Cl)c(Cl)c1.O=S1(=O)C=C(Cl)C(Cl)=C1. The van der Waals surface area contributed by atoms with Crippen LogP contribution >= 0.6 is 85.5 Å². The van der Waals surface area contributed by atoms with Crippen LogP contribution in [0.3, 0.4) is 0 Å². The van der Waals surface area contributed by atoms with Crippen LogP contribution in [0, 0.1) is 65.6 Å². The van der Waals surface area contributed by atoms with Gasteiger partial charge in [-0.3, -0.25) is 19.2 Å². The van der Waals surface area contributed by atoms with Crippen LogP contribution in [-0.4, -0.2) is 53.5 Å². The second-order valence-corrected chi connectivity index (χ2v) is 24.5. The number of anilines is 5. The Bertz CT molecular complexity index is 4150. The van der Waals surface area contributed by atoms with E-state index >= 15 is 0 Å². The first kappa shape index (κ1) is 80.2. The maximum Gasteiger partial charge on any atom is 0.221 e. The molecule has 8 N–H and O–H groups in total. The standard InChI is InChI=1S/C14H10Cl2FNO.C13H14FNO2.C12H8Cl2FN.C10H8FNO.C8H7BrFNO.C5H8O.C4H2Cl2O2S/c1-8(19)18-14-5-3-10(17)7-11(14)9-2-4-12(15)13(16)6-9;1-9(16)15-12-5-4-11(14)8-10(12)6-7-13(2,3)17;13-10-3-1-7(5-11(10)14)9-6-8(15)2-4-12(9)16;1-3-8-6-9(11)4-5-10(8)12-7(2)13;1-5(12)11-8-3-2-6(10)4-7(8)9;1-4-5(2,3)6;5-3-1-9(7,8)2-4(3)6/h2-7H,1H3,(H,18,19);4-5,8,17H,1-3H3,(H,15,16);1-6H,16H2;1,4-6H,2H3,(H,12,13);2-4H,1H3,(H,11,12);1,6H,2-3H3;1-2H. The van der Waals surface area contributed by atoms with Crippen LogP contribution in [0.1, 0.15) is 66.5 Å². The van der Waals surface area contributed by atoms with E-state index in [1.807, 2.05) is 0 Å². The number of allylic oxidation sites excluding steroid dienone is 2. The van der Waals surface area contributed by atoms with Crippen molar-refractivity contribution in [1.82, 2.24) is 0 Å². The lowest BCUT2D eigenvalue weighted by atomic mass is 10.0. The Morgan fingerprint density at radius 1 is 0.489 bits per heavy atom. The predicted molar refractivity (Wildman–Crippen MR) is 365 cm³/mol. The Kier molecular flexibility index (Phi) is 32.8. The van der Waals surface area contributed by atoms with Crippen molar-refractivity contribution in [3.8, 4) is 58.8 Å². The van der Waals surface area contributed by atoms with Crippen molar-refractivity contribution in [2.24, 2.45) is 0 Å². The number of nitrogens with one attached hydrogen (secondary N) is 4. The Hall–Kier alpha value is -7.88. The molecule has 0 spiro atoms. The molecule has 1 aliphatic heterocycles. The van der Waals surface area contributed by atoms with Crippen molar-refractivity contribution in [3.63, 3.8) is 0 Å². The lowest BCUT2D eigenvalue weighted by Gasteiger charge is -2.11. The molecule has 0 aromatic heterocycles. The number of nitrogens with two attached hydrogens (primary N) is 1. The molecule has 484 valence electrons. The monoisotopic (exact) mass is 1460 g/mol. The number of benzene rings is 7. The van der Waals surface area contributed by atoms with Gasteiger partial charge in [0.05, 0.1) is 69.2 Å². The number of halogens is 12. The molecule has 4 amide bonds. The second-order valence-electron chi connectivity index (χ2n) is 19.6. The maximum absolute atomic E-state index is 13.4. The van der Waals surface area contributed by atoms with Crippen LogP contribution in [0.2, 0.25) is 20.1 Å². The lowest BCUT2D eigenvalue weighted by Crippen LogP contribution is -2.14. The third kappa shape index (κ3) is 31.0. The van der Waals surface area contributed by atoms with Gasteiger partial charge in [-0.1, -0.05) is 105 Å². The molecular weight excluding hydrogens is 1410 g/mol. The summed E-state index contributed by atoms with van der Waals surface area (Å²) in [5.74, 6) is 6.83. The van der Waals surface area contributed by atoms with Gasteiger partial charge >= 0.3 is 0 Å². The summed E-state index contributed by atoms with van der Waals surface area (Å²) in [5, 5.41) is 32.0. The molecule has 7 aromatic carbocycles. The molecule has 92 heavy (non-hydrogen) atoms. The first-order chi connectivity index (χ1) is 42.6. The highest BCUT2D eigenvalue weighted by molar-refractivity contribution is 9.10. The van der Waals surface area contributed by atoms with Gasteiger partial charge in [-0.15, -0.1) is 12.8 Å². The lowest BCUT2D eigenvalue weighted by molar-refractivity contribution is -0.115. The van der Waals surface area contributed by atoms with Crippen LogP contribution in [-0.2, 0) is 29.0 Å². The number of terminal acetylenes is 2. The Labute approximate surface area is 568 Å². The van der Waals surface area contributed by atoms with Gasteiger partial charge in [-0.2, -0.15) is 0 Å². The summed E-state index contributed by atoms with van der Waals surface area (Å²) >= 11 is 37.3. The molecule has 0 bridgehead atoms. The van der Waals surface area contributed by atoms with Crippen LogP contribution in [0.15, 0.2) is 153 Å². The van der Waals surface area contributed by atoms with E-state index in [9.17, 15) is 54.7 Å². The number of sulfone groups is 1. The third-order valence-corrected chi connectivity index (χ3v) is 14.6. The van der Waals surface area contributed by atoms with Gasteiger partial charge in [-0.05, 0) is 170 Å². The molecule has 0 aliphatic carbocycles. The number of carbonyl (C=O) groups excluding carboxylic acids is 4.